The molecule has 0 spiro atoms. The van der Waals surface area contributed by atoms with Crippen molar-refractivity contribution in [2.24, 2.45) is 0 Å². The van der Waals surface area contributed by atoms with E-state index in [-0.39, 0.29) is 18.1 Å². The molecule has 6 heteroatoms. The van der Waals surface area contributed by atoms with Gasteiger partial charge in [0, 0.05) is 24.4 Å². The van der Waals surface area contributed by atoms with Crippen molar-refractivity contribution < 1.29 is 23.4 Å². The monoisotopic (exact) mass is 265 g/mol. The predicted molar refractivity (Wildman–Crippen MR) is 61.9 cm³/mol. The molecule has 1 heterocycles. The predicted octanol–water partition coefficient (Wildman–Crippen LogP) is 2.64. The molecule has 0 saturated carbocycles. The highest BCUT2D eigenvalue weighted by Gasteiger charge is 2.06. The lowest BCUT2D eigenvalue weighted by atomic mass is 10.2. The Kier molecular flexibility index (Phi) is 3.70. The number of pyridine rings is 1. The van der Waals surface area contributed by atoms with Gasteiger partial charge in [0.05, 0.1) is 0 Å². The largest absolute Gasteiger partial charge is 0.489 e. The van der Waals surface area contributed by atoms with Crippen LogP contribution in [0.1, 0.15) is 16.1 Å². The van der Waals surface area contributed by atoms with Crippen LogP contribution in [0.15, 0.2) is 36.5 Å². The Balaban J connectivity index is 2.10. The number of benzene rings is 1. The van der Waals surface area contributed by atoms with Crippen LogP contribution in [-0.2, 0) is 6.61 Å². The number of nitrogens with zero attached hydrogens (tertiary/aromatic N) is 1. The quantitative estimate of drug-likeness (QED) is 0.923. The van der Waals surface area contributed by atoms with Gasteiger partial charge in [-0.15, -0.1) is 0 Å². The van der Waals surface area contributed by atoms with Crippen LogP contribution in [0.4, 0.5) is 8.78 Å². The lowest BCUT2D eigenvalue weighted by Crippen LogP contribution is -2.03. The Morgan fingerprint density at radius 1 is 1.21 bits per heavy atom. The second kappa shape index (κ2) is 5.43. The van der Waals surface area contributed by atoms with E-state index in [9.17, 15) is 13.6 Å². The van der Waals surface area contributed by atoms with Crippen LogP contribution in [0.2, 0.25) is 0 Å². The number of hydrogen-bond acceptors (Lipinski definition) is 3. The minimum atomic E-state index is -1.15. The SMILES string of the molecule is O=C(O)c1cc(COc2cc(F)cc(F)c2)ccn1. The summed E-state index contributed by atoms with van der Waals surface area (Å²) in [7, 11) is 0. The maximum atomic E-state index is 12.9. The van der Waals surface area contributed by atoms with E-state index in [0.717, 1.165) is 18.2 Å². The third-order valence-electron chi connectivity index (χ3n) is 2.29. The van der Waals surface area contributed by atoms with Crippen molar-refractivity contribution in [3.05, 3.63) is 59.4 Å². The molecule has 0 unspecified atom stereocenters. The van der Waals surface area contributed by atoms with Gasteiger partial charge in [-0.2, -0.15) is 0 Å². The Labute approximate surface area is 107 Å². The van der Waals surface area contributed by atoms with E-state index in [1.165, 1.54) is 12.3 Å². The highest BCUT2D eigenvalue weighted by Crippen LogP contribution is 2.17. The Morgan fingerprint density at radius 3 is 2.53 bits per heavy atom. The van der Waals surface area contributed by atoms with Crippen LogP contribution in [0.3, 0.4) is 0 Å². The zero-order chi connectivity index (χ0) is 13.8. The minimum absolute atomic E-state index is 0.00824. The summed E-state index contributed by atoms with van der Waals surface area (Å²) in [5.41, 5.74) is 0.420. The summed E-state index contributed by atoms with van der Waals surface area (Å²) in [6.07, 6.45) is 1.33. The van der Waals surface area contributed by atoms with E-state index in [4.69, 9.17) is 9.84 Å². The first-order chi connectivity index (χ1) is 9.04. The van der Waals surface area contributed by atoms with Gasteiger partial charge in [-0.1, -0.05) is 0 Å². The molecule has 0 bridgehead atoms. The van der Waals surface area contributed by atoms with E-state index in [1.54, 1.807) is 6.07 Å². The summed E-state index contributed by atoms with van der Waals surface area (Å²) >= 11 is 0. The maximum Gasteiger partial charge on any atom is 0.354 e. The number of aromatic carboxylic acids is 1. The number of aromatic nitrogens is 1. The molecule has 2 rings (SSSR count). The molecule has 0 fully saturated rings. The van der Waals surface area contributed by atoms with Crippen molar-refractivity contribution in [3.63, 3.8) is 0 Å². The van der Waals surface area contributed by atoms with E-state index >= 15 is 0 Å². The second-order valence-electron chi connectivity index (χ2n) is 3.75. The molecular weight excluding hydrogens is 256 g/mol. The highest BCUT2D eigenvalue weighted by molar-refractivity contribution is 5.85. The lowest BCUT2D eigenvalue weighted by molar-refractivity contribution is 0.0690. The summed E-state index contributed by atoms with van der Waals surface area (Å²) in [6.45, 7) is -0.00824. The van der Waals surface area contributed by atoms with Crippen molar-refractivity contribution in [3.8, 4) is 5.75 Å². The Morgan fingerprint density at radius 2 is 1.89 bits per heavy atom. The molecule has 0 saturated heterocycles. The second-order valence-corrected chi connectivity index (χ2v) is 3.75. The highest BCUT2D eigenvalue weighted by atomic mass is 19.1. The summed E-state index contributed by atoms with van der Waals surface area (Å²) < 4.78 is 31.0. The fourth-order valence-electron chi connectivity index (χ4n) is 1.46. The first-order valence-electron chi connectivity index (χ1n) is 5.32. The van der Waals surface area contributed by atoms with Gasteiger partial charge >= 0.3 is 5.97 Å². The normalized spacial score (nSPS) is 10.2. The molecule has 1 aromatic carbocycles. The van der Waals surface area contributed by atoms with Crippen LogP contribution < -0.4 is 4.74 Å². The minimum Gasteiger partial charge on any atom is -0.489 e. The van der Waals surface area contributed by atoms with Crippen LogP contribution in [0, 0.1) is 11.6 Å². The fraction of sp³-hybridized carbons (Fsp3) is 0.0769. The zero-order valence-corrected chi connectivity index (χ0v) is 9.64. The molecular formula is C13H9F2NO3. The van der Waals surface area contributed by atoms with Crippen molar-refractivity contribution in [1.29, 1.82) is 0 Å². The number of carboxylic acids is 1. The van der Waals surface area contributed by atoms with Gasteiger partial charge < -0.3 is 9.84 Å². The molecule has 98 valence electrons. The Hall–Kier alpha value is -2.50. The average molecular weight is 265 g/mol. The van der Waals surface area contributed by atoms with E-state index in [0.29, 0.717) is 5.56 Å². The van der Waals surface area contributed by atoms with Crippen LogP contribution in [0.25, 0.3) is 0 Å². The van der Waals surface area contributed by atoms with Crippen molar-refractivity contribution in [2.45, 2.75) is 6.61 Å². The van der Waals surface area contributed by atoms with Crippen molar-refractivity contribution in [1.82, 2.24) is 4.98 Å². The molecule has 1 aromatic heterocycles. The zero-order valence-electron chi connectivity index (χ0n) is 9.64. The third kappa shape index (κ3) is 3.48. The molecule has 0 radical (unpaired) electrons. The number of carbonyl (C=O) groups is 1. The molecule has 0 aliphatic rings. The number of hydrogen-bond donors (Lipinski definition) is 1. The standard InChI is InChI=1S/C13H9F2NO3/c14-9-4-10(15)6-11(5-9)19-7-8-1-2-16-12(3-8)13(17)18/h1-6H,7H2,(H,17,18). The molecule has 4 nitrogen and oxygen atoms in total. The fourth-order valence-corrected chi connectivity index (χ4v) is 1.46. The molecule has 0 amide bonds. The van der Waals surface area contributed by atoms with Gasteiger partial charge in [0.15, 0.2) is 0 Å². The summed E-state index contributed by atoms with van der Waals surface area (Å²) in [5.74, 6) is -2.60. The van der Waals surface area contributed by atoms with E-state index in [2.05, 4.69) is 4.98 Å². The van der Waals surface area contributed by atoms with Gasteiger partial charge in [-0.25, -0.2) is 18.6 Å². The molecule has 1 N–H and O–H groups in total. The summed E-state index contributed by atoms with van der Waals surface area (Å²) in [4.78, 5) is 14.4. The number of carboxylic acid groups (broad SMARTS) is 1. The molecule has 0 aliphatic heterocycles. The number of rotatable bonds is 4. The lowest BCUT2D eigenvalue weighted by Gasteiger charge is -2.07. The molecule has 19 heavy (non-hydrogen) atoms. The molecule has 0 aliphatic carbocycles. The van der Waals surface area contributed by atoms with Crippen LogP contribution >= 0.6 is 0 Å². The van der Waals surface area contributed by atoms with E-state index in [1.807, 2.05) is 0 Å². The first-order valence-corrected chi connectivity index (χ1v) is 5.32. The van der Waals surface area contributed by atoms with E-state index < -0.39 is 17.6 Å². The van der Waals surface area contributed by atoms with Gasteiger partial charge in [0.25, 0.3) is 0 Å². The smallest absolute Gasteiger partial charge is 0.354 e. The summed E-state index contributed by atoms with van der Waals surface area (Å²) in [6, 6.07) is 5.71. The van der Waals surface area contributed by atoms with Gasteiger partial charge in [-0.3, -0.25) is 0 Å². The third-order valence-corrected chi connectivity index (χ3v) is 2.29. The first kappa shape index (κ1) is 12.9. The van der Waals surface area contributed by atoms with Crippen LogP contribution in [-0.4, -0.2) is 16.1 Å². The van der Waals surface area contributed by atoms with Gasteiger partial charge in [0.2, 0.25) is 0 Å². The number of ether oxygens (including phenoxy) is 1. The molecule has 0 atom stereocenters. The van der Waals surface area contributed by atoms with Crippen molar-refractivity contribution in [2.75, 3.05) is 0 Å². The van der Waals surface area contributed by atoms with Gasteiger partial charge in [0.1, 0.15) is 29.7 Å². The topological polar surface area (TPSA) is 59.4 Å². The average Bonchev–Trinajstić information content (AvgIpc) is 2.35. The maximum absolute atomic E-state index is 12.9. The molecule has 2 aromatic rings. The summed E-state index contributed by atoms with van der Waals surface area (Å²) in [5, 5.41) is 8.76. The van der Waals surface area contributed by atoms with Crippen LogP contribution in [0.5, 0.6) is 5.75 Å². The van der Waals surface area contributed by atoms with Crippen molar-refractivity contribution >= 4 is 5.97 Å². The van der Waals surface area contributed by atoms with Gasteiger partial charge in [-0.05, 0) is 17.7 Å². The Bertz CT molecular complexity index is 596. The number of halogens is 2.